The lowest BCUT2D eigenvalue weighted by atomic mass is 10.3. The monoisotopic (exact) mass is 194 g/mol. The maximum Gasteiger partial charge on any atom is 0.289 e. The Hall–Kier alpha value is -1.36. The van der Waals surface area contributed by atoms with Crippen molar-refractivity contribution in [2.75, 3.05) is 13.1 Å². The molecule has 1 saturated heterocycles. The second-order valence-corrected chi connectivity index (χ2v) is 3.66. The Labute approximate surface area is 82.5 Å². The average molecular weight is 194 g/mol. The fourth-order valence-corrected chi connectivity index (χ4v) is 1.68. The van der Waals surface area contributed by atoms with Gasteiger partial charge in [-0.25, -0.2) is 4.98 Å². The Morgan fingerprint density at radius 2 is 2.50 bits per heavy atom. The number of likely N-dealkylation sites (tertiary alicyclic amines) is 1. The number of aromatic nitrogens is 2. The predicted molar refractivity (Wildman–Crippen MR) is 51.7 cm³/mol. The van der Waals surface area contributed by atoms with E-state index >= 15 is 0 Å². The molecule has 1 atom stereocenters. The fraction of sp³-hybridized carbons (Fsp3) is 0.556. The minimum absolute atomic E-state index is 0.0227. The average Bonchev–Trinajstić information content (AvgIpc) is 2.73. The van der Waals surface area contributed by atoms with Crippen LogP contribution in [0.2, 0.25) is 0 Å². The van der Waals surface area contributed by atoms with Gasteiger partial charge >= 0.3 is 0 Å². The number of nitrogens with two attached hydrogens (primary N) is 1. The molecule has 5 nitrogen and oxygen atoms in total. The molecule has 1 aromatic heterocycles. The smallest absolute Gasteiger partial charge is 0.289 e. The summed E-state index contributed by atoms with van der Waals surface area (Å²) in [6, 6.07) is 0.124. The van der Waals surface area contributed by atoms with E-state index in [1.807, 2.05) is 7.05 Å². The summed E-state index contributed by atoms with van der Waals surface area (Å²) in [5.41, 5.74) is 5.73. The van der Waals surface area contributed by atoms with E-state index in [9.17, 15) is 4.79 Å². The first-order valence-electron chi connectivity index (χ1n) is 4.70. The van der Waals surface area contributed by atoms with Gasteiger partial charge in [-0.3, -0.25) is 4.79 Å². The van der Waals surface area contributed by atoms with Crippen molar-refractivity contribution in [3.8, 4) is 0 Å². The van der Waals surface area contributed by atoms with Crippen LogP contribution in [0.4, 0.5) is 0 Å². The second-order valence-electron chi connectivity index (χ2n) is 3.66. The van der Waals surface area contributed by atoms with Gasteiger partial charge in [-0.2, -0.15) is 0 Å². The van der Waals surface area contributed by atoms with E-state index in [4.69, 9.17) is 5.73 Å². The molecule has 14 heavy (non-hydrogen) atoms. The molecule has 0 spiro atoms. The molecule has 1 aromatic rings. The van der Waals surface area contributed by atoms with Crippen molar-refractivity contribution in [1.29, 1.82) is 0 Å². The van der Waals surface area contributed by atoms with Gasteiger partial charge in [0, 0.05) is 38.6 Å². The summed E-state index contributed by atoms with van der Waals surface area (Å²) < 4.78 is 1.73. The Morgan fingerprint density at radius 1 is 1.71 bits per heavy atom. The van der Waals surface area contributed by atoms with Gasteiger partial charge in [-0.15, -0.1) is 0 Å². The number of hydrogen-bond donors (Lipinski definition) is 1. The van der Waals surface area contributed by atoms with Crippen LogP contribution in [-0.2, 0) is 7.05 Å². The summed E-state index contributed by atoms with van der Waals surface area (Å²) >= 11 is 0. The van der Waals surface area contributed by atoms with Gasteiger partial charge in [-0.05, 0) is 6.42 Å². The van der Waals surface area contributed by atoms with Crippen molar-refractivity contribution < 1.29 is 4.79 Å². The maximum absolute atomic E-state index is 11.9. The summed E-state index contributed by atoms with van der Waals surface area (Å²) in [5, 5.41) is 0. The largest absolute Gasteiger partial charge is 0.334 e. The fourth-order valence-electron chi connectivity index (χ4n) is 1.68. The van der Waals surface area contributed by atoms with E-state index in [2.05, 4.69) is 4.98 Å². The van der Waals surface area contributed by atoms with E-state index in [-0.39, 0.29) is 11.9 Å². The zero-order valence-electron chi connectivity index (χ0n) is 8.18. The molecule has 1 fully saturated rings. The molecular weight excluding hydrogens is 180 g/mol. The predicted octanol–water partition coefficient (Wildman–Crippen LogP) is -0.407. The quantitative estimate of drug-likeness (QED) is 0.661. The van der Waals surface area contributed by atoms with Crippen molar-refractivity contribution in [1.82, 2.24) is 14.5 Å². The van der Waals surface area contributed by atoms with Crippen LogP contribution in [0, 0.1) is 0 Å². The molecule has 1 aliphatic rings. The van der Waals surface area contributed by atoms with Crippen LogP contribution < -0.4 is 5.73 Å². The Kier molecular flexibility index (Phi) is 2.25. The first kappa shape index (κ1) is 9.21. The topological polar surface area (TPSA) is 64.2 Å². The number of carbonyl (C=O) groups is 1. The molecule has 0 radical (unpaired) electrons. The van der Waals surface area contributed by atoms with Gasteiger partial charge in [0.25, 0.3) is 5.91 Å². The third kappa shape index (κ3) is 1.50. The molecule has 2 heterocycles. The molecule has 0 aromatic carbocycles. The molecule has 0 bridgehead atoms. The van der Waals surface area contributed by atoms with E-state index in [0.717, 1.165) is 13.0 Å². The van der Waals surface area contributed by atoms with Gasteiger partial charge in [0.15, 0.2) is 5.82 Å². The number of rotatable bonds is 1. The zero-order valence-corrected chi connectivity index (χ0v) is 8.18. The summed E-state index contributed by atoms with van der Waals surface area (Å²) in [6.07, 6.45) is 4.28. The minimum atomic E-state index is -0.0227. The minimum Gasteiger partial charge on any atom is -0.334 e. The van der Waals surface area contributed by atoms with Gasteiger partial charge in [0.2, 0.25) is 0 Å². The van der Waals surface area contributed by atoms with Crippen LogP contribution in [0.25, 0.3) is 0 Å². The SMILES string of the molecule is Cn1ccnc1C(=O)N1CC[C@H](N)C1. The zero-order chi connectivity index (χ0) is 10.1. The molecule has 0 unspecified atom stereocenters. The van der Waals surface area contributed by atoms with Gasteiger partial charge < -0.3 is 15.2 Å². The lowest BCUT2D eigenvalue weighted by Gasteiger charge is -2.14. The number of carbonyl (C=O) groups excluding carboxylic acids is 1. The van der Waals surface area contributed by atoms with Crippen LogP contribution in [0.5, 0.6) is 0 Å². The highest BCUT2D eigenvalue weighted by molar-refractivity contribution is 5.91. The molecule has 5 heteroatoms. The maximum atomic E-state index is 11.9. The Balaban J connectivity index is 2.13. The van der Waals surface area contributed by atoms with E-state index < -0.39 is 0 Å². The highest BCUT2D eigenvalue weighted by Crippen LogP contribution is 2.10. The third-order valence-electron chi connectivity index (χ3n) is 2.52. The highest BCUT2D eigenvalue weighted by atomic mass is 16.2. The lowest BCUT2D eigenvalue weighted by molar-refractivity contribution is 0.0775. The third-order valence-corrected chi connectivity index (χ3v) is 2.52. The Bertz CT molecular complexity index is 346. The molecular formula is C9H14N4O. The molecule has 0 aliphatic carbocycles. The van der Waals surface area contributed by atoms with Crippen molar-refractivity contribution in [3.05, 3.63) is 18.2 Å². The number of imidazole rings is 1. The van der Waals surface area contributed by atoms with Crippen LogP contribution in [-0.4, -0.2) is 39.5 Å². The van der Waals surface area contributed by atoms with E-state index in [0.29, 0.717) is 12.4 Å². The van der Waals surface area contributed by atoms with Crippen LogP contribution in [0.3, 0.4) is 0 Å². The van der Waals surface area contributed by atoms with Gasteiger partial charge in [-0.1, -0.05) is 0 Å². The van der Waals surface area contributed by atoms with E-state index in [1.165, 1.54) is 0 Å². The standard InChI is InChI=1S/C9H14N4O/c1-12-5-3-11-8(12)9(14)13-4-2-7(10)6-13/h3,5,7H,2,4,6,10H2,1H3/t7-/m0/s1. The molecule has 0 saturated carbocycles. The van der Waals surface area contributed by atoms with Gasteiger partial charge in [0.05, 0.1) is 0 Å². The van der Waals surface area contributed by atoms with E-state index in [1.54, 1.807) is 21.9 Å². The number of amides is 1. The number of nitrogens with zero attached hydrogens (tertiary/aromatic N) is 3. The van der Waals surface area contributed by atoms with Crippen LogP contribution in [0.1, 0.15) is 17.0 Å². The Morgan fingerprint density at radius 3 is 3.00 bits per heavy atom. The van der Waals surface area contributed by atoms with Gasteiger partial charge in [0.1, 0.15) is 0 Å². The molecule has 1 aliphatic heterocycles. The normalized spacial score (nSPS) is 21.6. The van der Waals surface area contributed by atoms with Crippen molar-refractivity contribution in [2.45, 2.75) is 12.5 Å². The molecule has 2 rings (SSSR count). The summed E-state index contributed by atoms with van der Waals surface area (Å²) in [7, 11) is 1.82. The molecule has 1 amide bonds. The lowest BCUT2D eigenvalue weighted by Crippen LogP contribution is -2.33. The first-order valence-corrected chi connectivity index (χ1v) is 4.70. The number of aryl methyl sites for hydroxylation is 1. The van der Waals surface area contributed by atoms with Crippen molar-refractivity contribution >= 4 is 5.91 Å². The van der Waals surface area contributed by atoms with Crippen LogP contribution in [0.15, 0.2) is 12.4 Å². The first-order chi connectivity index (χ1) is 6.68. The van der Waals surface area contributed by atoms with Crippen molar-refractivity contribution in [2.24, 2.45) is 12.8 Å². The van der Waals surface area contributed by atoms with Crippen molar-refractivity contribution in [3.63, 3.8) is 0 Å². The summed E-state index contributed by atoms with van der Waals surface area (Å²) in [6.45, 7) is 1.39. The summed E-state index contributed by atoms with van der Waals surface area (Å²) in [4.78, 5) is 17.6. The summed E-state index contributed by atoms with van der Waals surface area (Å²) in [5.74, 6) is 0.463. The van der Waals surface area contributed by atoms with Crippen LogP contribution >= 0.6 is 0 Å². The highest BCUT2D eigenvalue weighted by Gasteiger charge is 2.26. The number of hydrogen-bond acceptors (Lipinski definition) is 3. The second kappa shape index (κ2) is 3.42. The molecule has 76 valence electrons. The molecule has 2 N–H and O–H groups in total.